The summed E-state index contributed by atoms with van der Waals surface area (Å²) in [4.78, 5) is 0. The van der Waals surface area contributed by atoms with Gasteiger partial charge in [-0.2, -0.15) is 0 Å². The minimum atomic E-state index is 0.480. The summed E-state index contributed by atoms with van der Waals surface area (Å²) in [7, 11) is 1.97. The first kappa shape index (κ1) is 7.98. The molecule has 1 fully saturated rings. The monoisotopic (exact) mass is 144 g/mol. The Balaban J connectivity index is 2.02. The number of hydrogen-bond donors (Lipinski definition) is 2. The molecule has 0 spiro atoms. The van der Waals surface area contributed by atoms with Crippen molar-refractivity contribution in [2.75, 3.05) is 26.9 Å². The maximum absolute atomic E-state index is 5.43. The summed E-state index contributed by atoms with van der Waals surface area (Å²) in [6.07, 6.45) is 2.77. The Bertz CT molecular complexity index is 81.7. The lowest BCUT2D eigenvalue weighted by Gasteiger charge is -2.22. The first-order chi connectivity index (χ1) is 4.93. The Kier molecular flexibility index (Phi) is 3.72. The van der Waals surface area contributed by atoms with E-state index in [9.17, 15) is 0 Å². The van der Waals surface area contributed by atoms with Crippen molar-refractivity contribution in [2.45, 2.75) is 18.9 Å². The van der Waals surface area contributed by atoms with Crippen molar-refractivity contribution in [1.82, 2.24) is 10.6 Å². The van der Waals surface area contributed by atoms with Crippen molar-refractivity contribution in [3.63, 3.8) is 0 Å². The Morgan fingerprint density at radius 2 is 2.60 bits per heavy atom. The highest BCUT2D eigenvalue weighted by molar-refractivity contribution is 4.64. The summed E-state index contributed by atoms with van der Waals surface area (Å²) < 4.78 is 5.43. The number of rotatable bonds is 3. The van der Waals surface area contributed by atoms with Gasteiger partial charge in [-0.25, -0.2) is 0 Å². The van der Waals surface area contributed by atoms with E-state index in [0.29, 0.717) is 6.10 Å². The lowest BCUT2D eigenvalue weighted by atomic mass is 10.1. The topological polar surface area (TPSA) is 33.3 Å². The minimum absolute atomic E-state index is 0.480. The van der Waals surface area contributed by atoms with E-state index in [4.69, 9.17) is 4.74 Å². The first-order valence-electron chi connectivity index (χ1n) is 3.90. The molecule has 1 rings (SSSR count). The third kappa shape index (κ3) is 2.64. The molecule has 1 aliphatic rings. The number of nitrogens with one attached hydrogen (secondary N) is 2. The van der Waals surface area contributed by atoms with Crippen LogP contribution in [0.1, 0.15) is 12.8 Å². The van der Waals surface area contributed by atoms with Crippen molar-refractivity contribution in [2.24, 2.45) is 0 Å². The highest BCUT2D eigenvalue weighted by Gasteiger charge is 2.11. The summed E-state index contributed by atoms with van der Waals surface area (Å²) in [6.45, 7) is 2.90. The Morgan fingerprint density at radius 3 is 3.20 bits per heavy atom. The van der Waals surface area contributed by atoms with Crippen molar-refractivity contribution >= 4 is 0 Å². The molecule has 0 amide bonds. The van der Waals surface area contributed by atoms with E-state index in [-0.39, 0.29) is 0 Å². The molecule has 1 saturated heterocycles. The van der Waals surface area contributed by atoms with Gasteiger partial charge >= 0.3 is 0 Å². The van der Waals surface area contributed by atoms with Crippen LogP contribution in [-0.4, -0.2) is 33.0 Å². The second kappa shape index (κ2) is 4.66. The zero-order valence-corrected chi connectivity index (χ0v) is 6.52. The molecule has 0 aromatic carbocycles. The predicted molar refractivity (Wildman–Crippen MR) is 40.9 cm³/mol. The smallest absolute Gasteiger partial charge is 0.0969 e. The van der Waals surface area contributed by atoms with Gasteiger partial charge in [0.15, 0.2) is 0 Å². The standard InChI is InChI=1S/C7H16N2O/c1-8-4-2-7-3-5-9-6-10-7/h7-9H,2-6H2,1H3. The highest BCUT2D eigenvalue weighted by atomic mass is 16.5. The van der Waals surface area contributed by atoms with Crippen LogP contribution < -0.4 is 10.6 Å². The van der Waals surface area contributed by atoms with Gasteiger partial charge < -0.3 is 10.1 Å². The van der Waals surface area contributed by atoms with Crippen LogP contribution in [0.5, 0.6) is 0 Å². The molecule has 0 aliphatic carbocycles. The normalized spacial score (nSPS) is 26.7. The largest absolute Gasteiger partial charge is 0.363 e. The molecule has 0 bridgehead atoms. The van der Waals surface area contributed by atoms with Crippen molar-refractivity contribution in [1.29, 1.82) is 0 Å². The summed E-state index contributed by atoms with van der Waals surface area (Å²) in [6, 6.07) is 0. The van der Waals surface area contributed by atoms with Crippen LogP contribution in [0.3, 0.4) is 0 Å². The van der Waals surface area contributed by atoms with Crippen LogP contribution in [0.2, 0.25) is 0 Å². The maximum Gasteiger partial charge on any atom is 0.0969 e. The van der Waals surface area contributed by atoms with E-state index in [0.717, 1.165) is 32.7 Å². The van der Waals surface area contributed by atoms with Crippen LogP contribution in [0, 0.1) is 0 Å². The lowest BCUT2D eigenvalue weighted by molar-refractivity contribution is 0.00337. The SMILES string of the molecule is CNCCC1CCNCO1. The van der Waals surface area contributed by atoms with Gasteiger partial charge in [0.1, 0.15) is 0 Å². The third-order valence-electron chi connectivity index (χ3n) is 1.78. The molecule has 10 heavy (non-hydrogen) atoms. The van der Waals surface area contributed by atoms with Crippen LogP contribution in [0.25, 0.3) is 0 Å². The van der Waals surface area contributed by atoms with Gasteiger partial charge in [-0.15, -0.1) is 0 Å². The van der Waals surface area contributed by atoms with Gasteiger partial charge in [0, 0.05) is 0 Å². The van der Waals surface area contributed by atoms with E-state index >= 15 is 0 Å². The minimum Gasteiger partial charge on any atom is -0.363 e. The van der Waals surface area contributed by atoms with Gasteiger partial charge in [-0.3, -0.25) is 5.32 Å². The third-order valence-corrected chi connectivity index (χ3v) is 1.78. The van der Waals surface area contributed by atoms with Gasteiger partial charge in [0.25, 0.3) is 0 Å². The second-order valence-electron chi connectivity index (χ2n) is 2.61. The molecule has 60 valence electrons. The number of ether oxygens (including phenoxy) is 1. The maximum atomic E-state index is 5.43. The molecule has 1 atom stereocenters. The Hall–Kier alpha value is -0.120. The van der Waals surface area contributed by atoms with Crippen LogP contribution in [0.15, 0.2) is 0 Å². The molecule has 0 saturated carbocycles. The Labute approximate surface area is 62.1 Å². The van der Waals surface area contributed by atoms with Gasteiger partial charge in [-0.05, 0) is 33.0 Å². The van der Waals surface area contributed by atoms with Gasteiger partial charge in [0.05, 0.1) is 12.8 Å². The first-order valence-corrected chi connectivity index (χ1v) is 3.90. The van der Waals surface area contributed by atoms with E-state index in [1.165, 1.54) is 0 Å². The zero-order valence-electron chi connectivity index (χ0n) is 6.52. The summed E-state index contributed by atoms with van der Waals surface area (Å²) in [5, 5.41) is 6.26. The van der Waals surface area contributed by atoms with Crippen LogP contribution in [-0.2, 0) is 4.74 Å². The average Bonchev–Trinajstić information content (AvgIpc) is 2.03. The fourth-order valence-electron chi connectivity index (χ4n) is 1.13. The molecule has 1 aliphatic heterocycles. The molecular weight excluding hydrogens is 128 g/mol. The molecule has 1 heterocycles. The number of hydrogen-bond acceptors (Lipinski definition) is 3. The zero-order chi connectivity index (χ0) is 7.23. The van der Waals surface area contributed by atoms with Crippen molar-refractivity contribution in [3.8, 4) is 0 Å². The van der Waals surface area contributed by atoms with Crippen molar-refractivity contribution < 1.29 is 4.74 Å². The van der Waals surface area contributed by atoms with Gasteiger partial charge in [0.2, 0.25) is 0 Å². The van der Waals surface area contributed by atoms with Crippen LogP contribution >= 0.6 is 0 Å². The summed E-state index contributed by atoms with van der Waals surface area (Å²) in [5.74, 6) is 0. The molecule has 3 nitrogen and oxygen atoms in total. The van der Waals surface area contributed by atoms with Crippen molar-refractivity contribution in [3.05, 3.63) is 0 Å². The molecule has 0 aromatic rings. The quantitative estimate of drug-likeness (QED) is 0.582. The molecular formula is C7H16N2O. The van der Waals surface area contributed by atoms with E-state index in [1.807, 2.05) is 7.05 Å². The molecule has 0 radical (unpaired) electrons. The fraction of sp³-hybridized carbons (Fsp3) is 1.00. The molecule has 2 N–H and O–H groups in total. The van der Waals surface area contributed by atoms with E-state index in [2.05, 4.69) is 10.6 Å². The van der Waals surface area contributed by atoms with E-state index < -0.39 is 0 Å². The Morgan fingerprint density at radius 1 is 1.70 bits per heavy atom. The summed E-state index contributed by atoms with van der Waals surface area (Å²) in [5.41, 5.74) is 0. The lowest BCUT2D eigenvalue weighted by Crippen LogP contribution is -2.34. The molecule has 0 aromatic heterocycles. The van der Waals surface area contributed by atoms with E-state index in [1.54, 1.807) is 0 Å². The predicted octanol–water partition coefficient (Wildman–Crippen LogP) is -0.0681. The molecule has 3 heteroatoms. The molecule has 1 unspecified atom stereocenters. The highest BCUT2D eigenvalue weighted by Crippen LogP contribution is 2.04. The summed E-state index contributed by atoms with van der Waals surface area (Å²) >= 11 is 0. The van der Waals surface area contributed by atoms with Gasteiger partial charge in [-0.1, -0.05) is 0 Å². The fourth-order valence-corrected chi connectivity index (χ4v) is 1.13. The van der Waals surface area contributed by atoms with Crippen LogP contribution in [0.4, 0.5) is 0 Å². The second-order valence-corrected chi connectivity index (χ2v) is 2.61. The average molecular weight is 144 g/mol.